The molecule has 0 bridgehead atoms. The lowest BCUT2D eigenvalue weighted by Crippen LogP contribution is -2.56. The van der Waals surface area contributed by atoms with Crippen LogP contribution in [0.4, 0.5) is 9.93 Å². The summed E-state index contributed by atoms with van der Waals surface area (Å²) in [7, 11) is 2.13. The first-order chi connectivity index (χ1) is 11.6. The molecule has 2 amide bonds. The molecule has 0 saturated carbocycles. The highest BCUT2D eigenvalue weighted by molar-refractivity contribution is 7.22. The van der Waals surface area contributed by atoms with E-state index in [9.17, 15) is 4.79 Å². The molecule has 0 aliphatic carbocycles. The first-order valence-corrected chi connectivity index (χ1v) is 9.30. The number of likely N-dealkylation sites (tertiary alicyclic amines) is 1. The second kappa shape index (κ2) is 5.07. The zero-order valence-corrected chi connectivity index (χ0v) is 14.6. The Hall–Kier alpha value is -1.86. The van der Waals surface area contributed by atoms with Gasteiger partial charge in [-0.1, -0.05) is 11.3 Å². The fourth-order valence-corrected chi connectivity index (χ4v) is 5.24. The monoisotopic (exact) mass is 344 g/mol. The molecule has 1 aromatic carbocycles. The van der Waals surface area contributed by atoms with E-state index in [1.165, 1.54) is 5.56 Å². The molecule has 4 heterocycles. The van der Waals surface area contributed by atoms with Crippen LogP contribution in [0, 0.1) is 0 Å². The van der Waals surface area contributed by atoms with Crippen LogP contribution in [0.1, 0.15) is 18.9 Å². The zero-order valence-electron chi connectivity index (χ0n) is 13.8. The highest BCUT2D eigenvalue weighted by Crippen LogP contribution is 2.40. The minimum atomic E-state index is -0.0147. The summed E-state index contributed by atoms with van der Waals surface area (Å²) in [4.78, 5) is 21.7. The lowest BCUT2D eigenvalue weighted by molar-refractivity contribution is 0.163. The van der Waals surface area contributed by atoms with E-state index in [0.717, 1.165) is 47.1 Å². The molecular formula is C17H20N4O2S. The van der Waals surface area contributed by atoms with Gasteiger partial charge in [0.2, 0.25) is 0 Å². The van der Waals surface area contributed by atoms with E-state index in [2.05, 4.69) is 30.3 Å². The molecule has 6 nitrogen and oxygen atoms in total. The Bertz CT molecular complexity index is 835. The third kappa shape index (κ3) is 1.91. The number of nitrogens with zero attached hydrogens (tertiary/aromatic N) is 3. The molecule has 0 radical (unpaired) electrons. The third-order valence-corrected chi connectivity index (χ3v) is 6.67. The standard InChI is InChI=1S/C17H20N4O2S/c1-9-15-11(5-7-20(9)2)18-16(22)21(15)17-19-14-10-6-8-23-12(10)3-4-13(14)24-17/h3-4,9,11,15H,5-8H2,1-2H3,(H,18,22)/t9-,11-,15+/m0/s1. The topological polar surface area (TPSA) is 57.7 Å². The minimum absolute atomic E-state index is 0.0147. The van der Waals surface area contributed by atoms with Crippen LogP contribution in [0.15, 0.2) is 12.1 Å². The number of likely N-dealkylation sites (N-methyl/N-ethyl adjacent to an activating group) is 1. The average Bonchev–Trinajstić information content (AvgIpc) is 3.25. The molecule has 1 aromatic heterocycles. The Balaban J connectivity index is 1.60. The fraction of sp³-hybridized carbons (Fsp3) is 0.529. The molecule has 126 valence electrons. The Kier molecular flexibility index (Phi) is 3.06. The van der Waals surface area contributed by atoms with E-state index in [1.54, 1.807) is 11.3 Å². The summed E-state index contributed by atoms with van der Waals surface area (Å²) < 4.78 is 6.77. The smallest absolute Gasteiger partial charge is 0.324 e. The SMILES string of the molecule is C[C@H]1[C@@H]2[C@H](CCN1C)NC(=O)N2c1nc2c3c(ccc2s1)OCC3. The Morgan fingerprint density at radius 3 is 3.17 bits per heavy atom. The second-order valence-corrected chi connectivity index (χ2v) is 7.92. The Labute approximate surface area is 144 Å². The number of piperidine rings is 1. The van der Waals surface area contributed by atoms with Crippen LogP contribution in [0.2, 0.25) is 0 Å². The van der Waals surface area contributed by atoms with E-state index in [4.69, 9.17) is 9.72 Å². The number of rotatable bonds is 1. The lowest BCUT2D eigenvalue weighted by Gasteiger charge is -2.40. The Morgan fingerprint density at radius 2 is 2.29 bits per heavy atom. The van der Waals surface area contributed by atoms with Gasteiger partial charge in [0, 0.05) is 24.6 Å². The number of amides is 2. The number of thiazole rings is 1. The summed E-state index contributed by atoms with van der Waals surface area (Å²) in [5, 5.41) is 3.96. The van der Waals surface area contributed by atoms with Gasteiger partial charge in [-0.15, -0.1) is 0 Å². The van der Waals surface area contributed by atoms with Crippen molar-refractivity contribution in [1.82, 2.24) is 15.2 Å². The number of hydrogen-bond acceptors (Lipinski definition) is 5. The summed E-state index contributed by atoms with van der Waals surface area (Å²) >= 11 is 1.60. The first kappa shape index (κ1) is 14.5. The number of aromatic nitrogens is 1. The predicted molar refractivity (Wildman–Crippen MR) is 94.1 cm³/mol. The summed E-state index contributed by atoms with van der Waals surface area (Å²) in [6, 6.07) is 4.73. The van der Waals surface area contributed by atoms with E-state index < -0.39 is 0 Å². The van der Waals surface area contributed by atoms with Crippen LogP contribution >= 0.6 is 11.3 Å². The first-order valence-electron chi connectivity index (χ1n) is 8.48. The van der Waals surface area contributed by atoms with Crippen molar-refractivity contribution in [2.75, 3.05) is 25.1 Å². The molecule has 2 aromatic rings. The van der Waals surface area contributed by atoms with Crippen LogP contribution in [0.5, 0.6) is 5.75 Å². The lowest BCUT2D eigenvalue weighted by atomic mass is 9.93. The summed E-state index contributed by atoms with van der Waals surface area (Å²) in [6.07, 6.45) is 1.88. The number of ether oxygens (including phenoxy) is 1. The average molecular weight is 344 g/mol. The number of fused-ring (bicyclic) bond motifs is 4. The molecule has 24 heavy (non-hydrogen) atoms. The largest absolute Gasteiger partial charge is 0.493 e. The fourth-order valence-electron chi connectivity index (χ4n) is 4.21. The maximum absolute atomic E-state index is 12.6. The van der Waals surface area contributed by atoms with Crippen molar-refractivity contribution < 1.29 is 9.53 Å². The molecule has 2 saturated heterocycles. The summed E-state index contributed by atoms with van der Waals surface area (Å²) in [5.41, 5.74) is 2.18. The molecule has 0 unspecified atom stereocenters. The minimum Gasteiger partial charge on any atom is -0.493 e. The molecule has 1 N–H and O–H groups in total. The molecule has 3 atom stereocenters. The van der Waals surface area contributed by atoms with Crippen LogP contribution in [-0.4, -0.2) is 54.2 Å². The molecular weight excluding hydrogens is 324 g/mol. The van der Waals surface area contributed by atoms with E-state index >= 15 is 0 Å². The van der Waals surface area contributed by atoms with Crippen molar-refractivity contribution in [3.63, 3.8) is 0 Å². The highest BCUT2D eigenvalue weighted by Gasteiger charge is 2.47. The van der Waals surface area contributed by atoms with Crippen molar-refractivity contribution in [3.8, 4) is 5.75 Å². The van der Waals surface area contributed by atoms with Gasteiger partial charge in [0.25, 0.3) is 0 Å². The van der Waals surface area contributed by atoms with Gasteiger partial charge >= 0.3 is 6.03 Å². The van der Waals surface area contributed by atoms with Crippen LogP contribution in [0.25, 0.3) is 10.2 Å². The second-order valence-electron chi connectivity index (χ2n) is 6.91. The third-order valence-electron chi connectivity index (χ3n) is 5.65. The number of urea groups is 1. The summed E-state index contributed by atoms with van der Waals surface area (Å²) in [6.45, 7) is 3.93. The number of nitrogens with one attached hydrogen (secondary N) is 1. The van der Waals surface area contributed by atoms with Crippen molar-refractivity contribution in [3.05, 3.63) is 17.7 Å². The predicted octanol–water partition coefficient (Wildman–Crippen LogP) is 2.22. The van der Waals surface area contributed by atoms with E-state index in [1.807, 2.05) is 11.0 Å². The van der Waals surface area contributed by atoms with Gasteiger partial charge < -0.3 is 15.0 Å². The van der Waals surface area contributed by atoms with Gasteiger partial charge in [-0.05, 0) is 32.5 Å². The van der Waals surface area contributed by atoms with Gasteiger partial charge in [0.05, 0.1) is 28.9 Å². The number of carbonyl (C=O) groups excluding carboxylic acids is 1. The van der Waals surface area contributed by atoms with Crippen LogP contribution in [-0.2, 0) is 6.42 Å². The zero-order chi connectivity index (χ0) is 16.4. The number of carbonyl (C=O) groups is 1. The van der Waals surface area contributed by atoms with Crippen molar-refractivity contribution >= 4 is 32.7 Å². The van der Waals surface area contributed by atoms with Crippen LogP contribution < -0.4 is 15.0 Å². The number of anilines is 1. The molecule has 7 heteroatoms. The molecule has 0 spiro atoms. The maximum Gasteiger partial charge on any atom is 0.324 e. The highest BCUT2D eigenvalue weighted by atomic mass is 32.1. The summed E-state index contributed by atoms with van der Waals surface area (Å²) in [5.74, 6) is 0.939. The van der Waals surface area contributed by atoms with E-state index in [-0.39, 0.29) is 18.1 Å². The maximum atomic E-state index is 12.6. The van der Waals surface area contributed by atoms with Crippen molar-refractivity contribution in [1.29, 1.82) is 0 Å². The van der Waals surface area contributed by atoms with Gasteiger partial charge in [0.1, 0.15) is 5.75 Å². The van der Waals surface area contributed by atoms with Crippen molar-refractivity contribution in [2.24, 2.45) is 0 Å². The van der Waals surface area contributed by atoms with Gasteiger partial charge in [-0.3, -0.25) is 4.90 Å². The van der Waals surface area contributed by atoms with Gasteiger partial charge in [-0.25, -0.2) is 9.78 Å². The van der Waals surface area contributed by atoms with Gasteiger partial charge in [0.15, 0.2) is 5.13 Å². The Morgan fingerprint density at radius 1 is 1.42 bits per heavy atom. The molecule has 3 aliphatic heterocycles. The quantitative estimate of drug-likeness (QED) is 0.862. The van der Waals surface area contributed by atoms with Crippen LogP contribution in [0.3, 0.4) is 0 Å². The molecule has 3 aliphatic rings. The van der Waals surface area contributed by atoms with E-state index in [0.29, 0.717) is 6.04 Å². The van der Waals surface area contributed by atoms with Crippen molar-refractivity contribution in [2.45, 2.75) is 37.9 Å². The van der Waals surface area contributed by atoms with Gasteiger partial charge in [-0.2, -0.15) is 0 Å². The number of hydrogen-bond donors (Lipinski definition) is 1. The number of benzene rings is 1. The molecule has 5 rings (SSSR count). The molecule has 2 fully saturated rings. The normalized spacial score (nSPS) is 29.5.